The maximum Gasteiger partial charge on any atom is 0.120 e. The fraction of sp³-hybridized carbons (Fsp3) is 0.212. The number of hydrogen-bond acceptors (Lipinski definition) is 4. The van der Waals surface area contributed by atoms with E-state index in [0.29, 0.717) is 0 Å². The van der Waals surface area contributed by atoms with Gasteiger partial charge < -0.3 is 29.8 Å². The van der Waals surface area contributed by atoms with Crippen LogP contribution < -0.4 is 10.2 Å². The van der Waals surface area contributed by atoms with Crippen molar-refractivity contribution in [2.45, 2.75) is 46.1 Å². The Bertz CT molecular complexity index is 1740. The van der Waals surface area contributed by atoms with Gasteiger partial charge in [0.2, 0.25) is 0 Å². The van der Waals surface area contributed by atoms with Gasteiger partial charge >= 0.3 is 0 Å². The summed E-state index contributed by atoms with van der Waals surface area (Å²) < 4.78 is 8.05. The van der Waals surface area contributed by atoms with Crippen LogP contribution in [0.5, 0.6) is 0 Å². The van der Waals surface area contributed by atoms with E-state index in [4.69, 9.17) is 15.1 Å². The van der Waals surface area contributed by atoms with Crippen LogP contribution in [0.25, 0.3) is 54.4 Å². The Hall–Kier alpha value is -3.68. The van der Waals surface area contributed by atoms with E-state index in [1.165, 1.54) is 10.8 Å². The zero-order chi connectivity index (χ0) is 27.6. The molecule has 0 fully saturated rings. The van der Waals surface area contributed by atoms with Gasteiger partial charge in [0, 0.05) is 48.2 Å². The van der Waals surface area contributed by atoms with Crippen molar-refractivity contribution in [1.82, 2.24) is 14.9 Å². The number of rotatable bonds is 6. The first kappa shape index (κ1) is 28.8. The molecule has 0 bridgehead atoms. The molecule has 1 N–H and O–H groups in total. The Kier molecular flexibility index (Phi) is 8.76. The molecule has 0 aliphatic carbocycles. The third-order valence-corrected chi connectivity index (χ3v) is 6.73. The predicted octanol–water partition coefficient (Wildman–Crippen LogP) is 8.59. The van der Waals surface area contributed by atoms with Crippen LogP contribution in [0.3, 0.4) is 0 Å². The molecule has 6 aromatic rings. The molecule has 41 heavy (non-hydrogen) atoms. The van der Waals surface area contributed by atoms with E-state index >= 15 is 0 Å². The molecule has 0 spiro atoms. The zero-order valence-corrected chi connectivity index (χ0v) is 25.8. The van der Waals surface area contributed by atoms with E-state index in [0.717, 1.165) is 38.7 Å². The smallest absolute Gasteiger partial charge is 0.120 e. The summed E-state index contributed by atoms with van der Waals surface area (Å²) in [6.45, 7) is 10.2. The van der Waals surface area contributed by atoms with Crippen LogP contribution in [0.1, 0.15) is 34.0 Å². The molecular formula is C33H32IrN6O-4. The summed E-state index contributed by atoms with van der Waals surface area (Å²) in [6, 6.07) is 26.2. The van der Waals surface area contributed by atoms with Crippen LogP contribution in [-0.2, 0) is 20.1 Å². The summed E-state index contributed by atoms with van der Waals surface area (Å²) in [5, 5.41) is 17.3. The average Bonchev–Trinajstić information content (AvgIpc) is 3.68. The van der Waals surface area contributed by atoms with Crippen molar-refractivity contribution in [3.05, 3.63) is 115 Å². The molecule has 3 aromatic carbocycles. The van der Waals surface area contributed by atoms with Gasteiger partial charge in [0.15, 0.2) is 0 Å². The second-order valence-electron chi connectivity index (χ2n) is 10.3. The summed E-state index contributed by atoms with van der Waals surface area (Å²) >= 11 is 0. The Morgan fingerprint density at radius 3 is 2.29 bits per heavy atom. The number of nitrogens with one attached hydrogen (secondary N) is 1. The van der Waals surface area contributed by atoms with Crippen molar-refractivity contribution in [1.29, 1.82) is 0 Å². The first-order chi connectivity index (χ1) is 19.5. The predicted molar refractivity (Wildman–Crippen MR) is 165 cm³/mol. The van der Waals surface area contributed by atoms with Gasteiger partial charge in [-0.2, -0.15) is 25.1 Å². The molecule has 0 unspecified atom stereocenters. The Morgan fingerprint density at radius 2 is 1.56 bits per heavy atom. The SMILES string of the molecule is CC(C)[N-]C([N-]C(C)C)n1c2ccccc2c2ccncc21.[Ir].[c-]1cc2c(cc1N1C=CN[CH-]1)oc1ccccc12. The van der Waals surface area contributed by atoms with Gasteiger partial charge in [0.1, 0.15) is 5.58 Å². The quantitative estimate of drug-likeness (QED) is 0.175. The molecule has 0 amide bonds. The second kappa shape index (κ2) is 12.5. The summed E-state index contributed by atoms with van der Waals surface area (Å²) in [6.07, 6.45) is 7.35. The Balaban J connectivity index is 0.000000163. The standard InChI is InChI=1S/C18H22N4.C15H10N2O.Ir/c1-12(2)20-18(21-13(3)4)22-16-8-6-5-7-14(16)15-9-10-19-11-17(15)22;1-2-4-14-12(3-1)13-6-5-11(9-15(13)18-14)17-8-7-16-10-17;/h5-13,18H,1-4H3;1-4,6-10,16H;/q2*-2;. The van der Waals surface area contributed by atoms with Crippen LogP contribution in [0, 0.1) is 12.7 Å². The van der Waals surface area contributed by atoms with E-state index in [9.17, 15) is 0 Å². The molecule has 7 rings (SSSR count). The molecule has 1 aliphatic rings. The first-order valence-electron chi connectivity index (χ1n) is 13.6. The van der Waals surface area contributed by atoms with Gasteiger partial charge in [-0.1, -0.05) is 69.5 Å². The number of aromatic nitrogens is 2. The minimum atomic E-state index is -0.216. The largest absolute Gasteiger partial charge is 0.658 e. The minimum absolute atomic E-state index is 0. The molecule has 4 heterocycles. The summed E-state index contributed by atoms with van der Waals surface area (Å²) in [5.74, 6) is 0. The van der Waals surface area contributed by atoms with Crippen molar-refractivity contribution in [2.75, 3.05) is 4.90 Å². The van der Waals surface area contributed by atoms with Gasteiger partial charge in [-0.05, 0) is 36.0 Å². The van der Waals surface area contributed by atoms with Crippen LogP contribution >= 0.6 is 0 Å². The van der Waals surface area contributed by atoms with Crippen LogP contribution in [0.4, 0.5) is 5.69 Å². The molecule has 0 atom stereocenters. The van der Waals surface area contributed by atoms with Gasteiger partial charge in [-0.25, -0.2) is 0 Å². The monoisotopic (exact) mass is 721 g/mol. The molecule has 3 aromatic heterocycles. The van der Waals surface area contributed by atoms with Crippen molar-refractivity contribution >= 4 is 49.4 Å². The minimum Gasteiger partial charge on any atom is -0.658 e. The fourth-order valence-electron chi connectivity index (χ4n) is 5.04. The number of para-hydroxylation sites is 2. The molecule has 0 saturated carbocycles. The number of nitrogens with zero attached hydrogens (tertiary/aromatic N) is 5. The summed E-state index contributed by atoms with van der Waals surface area (Å²) in [4.78, 5) is 6.27. The summed E-state index contributed by atoms with van der Waals surface area (Å²) in [7, 11) is 0. The van der Waals surface area contributed by atoms with Gasteiger partial charge in [-0.3, -0.25) is 4.98 Å². The number of pyridine rings is 1. The van der Waals surface area contributed by atoms with E-state index in [1.807, 2.05) is 66.7 Å². The van der Waals surface area contributed by atoms with E-state index < -0.39 is 0 Å². The molecule has 8 heteroatoms. The number of benzene rings is 3. The number of fused-ring (bicyclic) bond motifs is 6. The maximum absolute atomic E-state index is 5.85. The molecule has 1 radical (unpaired) electrons. The second-order valence-corrected chi connectivity index (χ2v) is 10.3. The van der Waals surface area contributed by atoms with Crippen LogP contribution in [-0.4, -0.2) is 21.6 Å². The van der Waals surface area contributed by atoms with Crippen molar-refractivity contribution in [3.63, 3.8) is 0 Å². The van der Waals surface area contributed by atoms with Crippen molar-refractivity contribution in [3.8, 4) is 0 Å². The number of hydrogen-bond donors (Lipinski definition) is 1. The maximum atomic E-state index is 5.85. The Labute approximate surface area is 253 Å². The van der Waals surface area contributed by atoms with Gasteiger partial charge in [0.05, 0.1) is 11.7 Å². The number of anilines is 1. The zero-order valence-electron chi connectivity index (χ0n) is 23.4. The molecular weight excluding hydrogens is 689 g/mol. The van der Waals surface area contributed by atoms with Gasteiger partial charge in [0.25, 0.3) is 0 Å². The van der Waals surface area contributed by atoms with Crippen molar-refractivity contribution in [2.24, 2.45) is 0 Å². The fourth-order valence-corrected chi connectivity index (χ4v) is 5.04. The third-order valence-electron chi connectivity index (χ3n) is 6.73. The van der Waals surface area contributed by atoms with E-state index in [2.05, 4.69) is 85.0 Å². The normalized spacial score (nSPS) is 13.0. The molecule has 213 valence electrons. The third kappa shape index (κ3) is 5.88. The summed E-state index contributed by atoms with van der Waals surface area (Å²) in [5.41, 5.74) is 5.00. The van der Waals surface area contributed by atoms with Crippen LogP contribution in [0.2, 0.25) is 0 Å². The van der Waals surface area contributed by atoms with E-state index in [1.54, 1.807) is 0 Å². The molecule has 0 saturated heterocycles. The number of furan rings is 1. The topological polar surface area (TPSA) is 74.4 Å². The van der Waals surface area contributed by atoms with Gasteiger partial charge in [-0.15, -0.1) is 23.8 Å². The van der Waals surface area contributed by atoms with Crippen molar-refractivity contribution < 1.29 is 24.5 Å². The molecule has 1 aliphatic heterocycles. The van der Waals surface area contributed by atoms with Crippen LogP contribution in [0.15, 0.2) is 95.9 Å². The Morgan fingerprint density at radius 1 is 0.854 bits per heavy atom. The van der Waals surface area contributed by atoms with E-state index in [-0.39, 0.29) is 38.5 Å². The first-order valence-corrected chi connectivity index (χ1v) is 13.6. The molecule has 7 nitrogen and oxygen atoms in total. The average molecular weight is 721 g/mol.